The van der Waals surface area contributed by atoms with Gasteiger partial charge in [-0.3, -0.25) is 4.90 Å². The van der Waals surface area contributed by atoms with Gasteiger partial charge in [-0.2, -0.15) is 0 Å². The van der Waals surface area contributed by atoms with E-state index >= 15 is 0 Å². The van der Waals surface area contributed by atoms with E-state index in [4.69, 9.17) is 5.11 Å². The Morgan fingerprint density at radius 3 is 2.84 bits per heavy atom. The summed E-state index contributed by atoms with van der Waals surface area (Å²) in [4.78, 5) is 2.52. The number of hydrogen-bond donors (Lipinski definition) is 1. The summed E-state index contributed by atoms with van der Waals surface area (Å²) in [5, 5.41) is 8.73. The van der Waals surface area contributed by atoms with Crippen LogP contribution in [0.1, 0.15) is 37.3 Å². The van der Waals surface area contributed by atoms with Crippen molar-refractivity contribution in [3.63, 3.8) is 0 Å². The van der Waals surface area contributed by atoms with E-state index in [-0.39, 0.29) is 6.61 Å². The second kappa shape index (κ2) is 7.33. The lowest BCUT2D eigenvalue weighted by Gasteiger charge is -2.31. The van der Waals surface area contributed by atoms with Crippen molar-refractivity contribution in [3.8, 4) is 11.8 Å². The van der Waals surface area contributed by atoms with Gasteiger partial charge in [-0.05, 0) is 43.0 Å². The van der Waals surface area contributed by atoms with Crippen molar-refractivity contribution in [2.75, 3.05) is 19.7 Å². The van der Waals surface area contributed by atoms with Crippen molar-refractivity contribution in [1.82, 2.24) is 4.90 Å². The molecule has 1 aromatic rings. The highest BCUT2D eigenvalue weighted by atomic mass is 16.2. The summed E-state index contributed by atoms with van der Waals surface area (Å²) in [6, 6.07) is 8.34. The van der Waals surface area contributed by atoms with Crippen molar-refractivity contribution in [2.24, 2.45) is 5.92 Å². The highest BCUT2D eigenvalue weighted by Crippen LogP contribution is 2.27. The number of hydrogen-bond acceptors (Lipinski definition) is 2. The number of aliphatic hydroxyl groups excluding tert-OH is 1. The standard InChI is InChI=1S/C17H23NO/c1-2-18(13-16-7-4-8-16)14-17-9-3-6-15(12-17)10-5-11-19/h3,6,9,12,16,19H,2,4,7-8,11,13-14H2,1H3. The summed E-state index contributed by atoms with van der Waals surface area (Å²) in [5.74, 6) is 6.59. The van der Waals surface area contributed by atoms with Crippen LogP contribution in [0.4, 0.5) is 0 Å². The predicted octanol–water partition coefficient (Wildman–Crippen LogP) is 2.65. The Morgan fingerprint density at radius 2 is 2.21 bits per heavy atom. The summed E-state index contributed by atoms with van der Waals surface area (Å²) in [5.41, 5.74) is 2.30. The lowest BCUT2D eigenvalue weighted by Crippen LogP contribution is -2.32. The van der Waals surface area contributed by atoms with Crippen molar-refractivity contribution < 1.29 is 5.11 Å². The van der Waals surface area contributed by atoms with Crippen LogP contribution in [0.15, 0.2) is 24.3 Å². The van der Waals surface area contributed by atoms with E-state index in [9.17, 15) is 0 Å². The van der Waals surface area contributed by atoms with Crippen molar-refractivity contribution >= 4 is 0 Å². The van der Waals surface area contributed by atoms with Gasteiger partial charge in [0.05, 0.1) is 0 Å². The van der Waals surface area contributed by atoms with Gasteiger partial charge < -0.3 is 5.11 Å². The normalized spacial score (nSPS) is 14.9. The van der Waals surface area contributed by atoms with Gasteiger partial charge in [-0.15, -0.1) is 0 Å². The van der Waals surface area contributed by atoms with Crippen LogP contribution in [-0.4, -0.2) is 29.7 Å². The van der Waals surface area contributed by atoms with E-state index in [1.54, 1.807) is 0 Å². The minimum atomic E-state index is -0.0764. The van der Waals surface area contributed by atoms with Gasteiger partial charge >= 0.3 is 0 Å². The molecule has 1 aliphatic rings. The molecule has 102 valence electrons. The van der Waals surface area contributed by atoms with E-state index in [2.05, 4.69) is 35.8 Å². The highest BCUT2D eigenvalue weighted by Gasteiger charge is 2.19. The van der Waals surface area contributed by atoms with Gasteiger partial charge in [0.2, 0.25) is 0 Å². The molecule has 1 fully saturated rings. The molecule has 0 atom stereocenters. The van der Waals surface area contributed by atoms with Crippen LogP contribution in [0.25, 0.3) is 0 Å². The third-order valence-corrected chi connectivity index (χ3v) is 3.83. The lowest BCUT2D eigenvalue weighted by molar-refractivity contribution is 0.178. The van der Waals surface area contributed by atoms with Gasteiger partial charge in [0.25, 0.3) is 0 Å². The molecule has 1 N–H and O–H groups in total. The van der Waals surface area contributed by atoms with Gasteiger partial charge in [-0.25, -0.2) is 0 Å². The van der Waals surface area contributed by atoms with Gasteiger partial charge in [-0.1, -0.05) is 37.3 Å². The Morgan fingerprint density at radius 1 is 1.37 bits per heavy atom. The van der Waals surface area contributed by atoms with Crippen LogP contribution >= 0.6 is 0 Å². The SMILES string of the molecule is CCN(Cc1cccc(C#CCO)c1)CC1CCC1. The largest absolute Gasteiger partial charge is 0.384 e. The maximum atomic E-state index is 8.73. The molecule has 0 aliphatic heterocycles. The van der Waals surface area contributed by atoms with E-state index in [1.165, 1.54) is 31.4 Å². The molecule has 2 heteroatoms. The minimum absolute atomic E-state index is 0.0764. The second-order valence-corrected chi connectivity index (χ2v) is 5.28. The zero-order valence-electron chi connectivity index (χ0n) is 11.7. The first-order valence-electron chi connectivity index (χ1n) is 7.23. The topological polar surface area (TPSA) is 23.5 Å². The van der Waals surface area contributed by atoms with Crippen molar-refractivity contribution in [3.05, 3.63) is 35.4 Å². The quantitative estimate of drug-likeness (QED) is 0.820. The fraction of sp³-hybridized carbons (Fsp3) is 0.529. The number of rotatable bonds is 5. The first-order valence-corrected chi connectivity index (χ1v) is 7.23. The molecule has 0 saturated heterocycles. The van der Waals surface area contributed by atoms with Gasteiger partial charge in [0, 0.05) is 18.7 Å². The fourth-order valence-corrected chi connectivity index (χ4v) is 2.49. The van der Waals surface area contributed by atoms with Crippen LogP contribution in [0.2, 0.25) is 0 Å². The maximum Gasteiger partial charge on any atom is 0.104 e. The Labute approximate surface area is 116 Å². The minimum Gasteiger partial charge on any atom is -0.384 e. The summed E-state index contributed by atoms with van der Waals surface area (Å²) in [6.45, 7) is 5.48. The van der Waals surface area contributed by atoms with Crippen LogP contribution in [0.5, 0.6) is 0 Å². The van der Waals surface area contributed by atoms with E-state index < -0.39 is 0 Å². The van der Waals surface area contributed by atoms with Crippen LogP contribution < -0.4 is 0 Å². The molecule has 0 heterocycles. The first kappa shape index (κ1) is 14.1. The molecule has 2 rings (SSSR count). The first-order chi connectivity index (χ1) is 9.31. The molecule has 0 aromatic heterocycles. The zero-order chi connectivity index (χ0) is 13.5. The molecule has 0 radical (unpaired) electrons. The fourth-order valence-electron chi connectivity index (χ4n) is 2.49. The second-order valence-electron chi connectivity index (χ2n) is 5.28. The summed E-state index contributed by atoms with van der Waals surface area (Å²) in [7, 11) is 0. The zero-order valence-corrected chi connectivity index (χ0v) is 11.7. The van der Waals surface area contributed by atoms with E-state index in [1.807, 2.05) is 12.1 Å². The summed E-state index contributed by atoms with van der Waals surface area (Å²) >= 11 is 0. The lowest BCUT2D eigenvalue weighted by atomic mass is 9.85. The average Bonchev–Trinajstić information content (AvgIpc) is 2.39. The number of benzene rings is 1. The Balaban J connectivity index is 1.95. The van der Waals surface area contributed by atoms with E-state index in [0.717, 1.165) is 24.6 Å². The monoisotopic (exact) mass is 257 g/mol. The molecule has 19 heavy (non-hydrogen) atoms. The molecule has 0 bridgehead atoms. The molecular weight excluding hydrogens is 234 g/mol. The molecule has 1 saturated carbocycles. The van der Waals surface area contributed by atoms with Crippen LogP contribution in [0, 0.1) is 17.8 Å². The highest BCUT2D eigenvalue weighted by molar-refractivity contribution is 5.37. The third-order valence-electron chi connectivity index (χ3n) is 3.83. The number of aliphatic hydroxyl groups is 1. The smallest absolute Gasteiger partial charge is 0.104 e. The average molecular weight is 257 g/mol. The van der Waals surface area contributed by atoms with Crippen LogP contribution in [-0.2, 0) is 6.54 Å². The Bertz CT molecular complexity index is 454. The Hall–Kier alpha value is -1.30. The summed E-state index contributed by atoms with van der Waals surface area (Å²) < 4.78 is 0. The summed E-state index contributed by atoms with van der Waals surface area (Å²) in [6.07, 6.45) is 4.21. The number of nitrogens with zero attached hydrogens (tertiary/aromatic N) is 1. The Kier molecular flexibility index (Phi) is 5.44. The molecule has 1 aliphatic carbocycles. The molecule has 2 nitrogen and oxygen atoms in total. The van der Waals surface area contributed by atoms with Crippen molar-refractivity contribution in [2.45, 2.75) is 32.7 Å². The third kappa shape index (κ3) is 4.38. The molecule has 0 amide bonds. The maximum absolute atomic E-state index is 8.73. The van der Waals surface area contributed by atoms with Gasteiger partial charge in [0.1, 0.15) is 6.61 Å². The van der Waals surface area contributed by atoms with E-state index in [0.29, 0.717) is 0 Å². The molecule has 0 spiro atoms. The molecule has 1 aromatic carbocycles. The predicted molar refractivity (Wildman–Crippen MR) is 78.7 cm³/mol. The molecular formula is C17H23NO. The van der Waals surface area contributed by atoms with Gasteiger partial charge in [0.15, 0.2) is 0 Å². The molecule has 0 unspecified atom stereocenters. The van der Waals surface area contributed by atoms with Crippen molar-refractivity contribution in [1.29, 1.82) is 0 Å². The van der Waals surface area contributed by atoms with Crippen LogP contribution in [0.3, 0.4) is 0 Å².